The number of carboxylic acids is 1. The first kappa shape index (κ1) is 14.0. The van der Waals surface area contributed by atoms with Crippen LogP contribution in [0.1, 0.15) is 19.8 Å². The Morgan fingerprint density at radius 1 is 1.41 bits per heavy atom. The van der Waals surface area contributed by atoms with Gasteiger partial charge in [-0.15, -0.1) is 0 Å². The maximum absolute atomic E-state index is 11.8. The van der Waals surface area contributed by atoms with Crippen LogP contribution in [0.2, 0.25) is 0 Å². The molecule has 1 atom stereocenters. The number of hydrogen-bond donors (Lipinski definition) is 1. The van der Waals surface area contributed by atoms with E-state index in [1.54, 1.807) is 11.9 Å². The van der Waals surface area contributed by atoms with Crippen LogP contribution in [0.3, 0.4) is 0 Å². The van der Waals surface area contributed by atoms with Crippen molar-refractivity contribution in [3.63, 3.8) is 0 Å². The minimum absolute atomic E-state index is 0.295. The summed E-state index contributed by atoms with van der Waals surface area (Å²) in [6, 6.07) is 0. The number of carboxylic acid groups (broad SMARTS) is 1. The number of aliphatic carboxylic acids is 1. The lowest BCUT2D eigenvalue weighted by atomic mass is 9.96. The van der Waals surface area contributed by atoms with Gasteiger partial charge in [0.15, 0.2) is 0 Å². The highest BCUT2D eigenvalue weighted by Crippen LogP contribution is 2.17. The minimum atomic E-state index is -1.05. The van der Waals surface area contributed by atoms with Crippen LogP contribution in [0.4, 0.5) is 0 Å². The molecule has 0 bridgehead atoms. The molecule has 1 fully saturated rings. The van der Waals surface area contributed by atoms with E-state index < -0.39 is 11.9 Å². The van der Waals surface area contributed by atoms with Gasteiger partial charge in [0.05, 0.1) is 0 Å². The number of rotatable bonds is 4. The van der Waals surface area contributed by atoms with E-state index in [-0.39, 0.29) is 5.91 Å². The monoisotopic (exact) mass is 242 g/mol. The number of hydrogen-bond acceptors (Lipinski definition) is 3. The highest BCUT2D eigenvalue weighted by molar-refractivity contribution is 5.96. The average molecular weight is 242 g/mol. The molecule has 1 saturated heterocycles. The number of carbonyl (C=O) groups excluding carboxylic acids is 1. The van der Waals surface area contributed by atoms with Crippen molar-refractivity contribution in [2.24, 2.45) is 11.8 Å². The van der Waals surface area contributed by atoms with Gasteiger partial charge in [-0.2, -0.15) is 0 Å². The Hall–Kier alpha value is -1.10. The minimum Gasteiger partial charge on any atom is -0.481 e. The molecule has 98 valence electrons. The van der Waals surface area contributed by atoms with E-state index in [2.05, 4.69) is 11.9 Å². The Labute approximate surface area is 102 Å². The number of likely N-dealkylation sites (tertiary alicyclic amines) is 1. The zero-order valence-corrected chi connectivity index (χ0v) is 10.8. The lowest BCUT2D eigenvalue weighted by Gasteiger charge is -2.32. The Morgan fingerprint density at radius 2 is 1.94 bits per heavy atom. The SMILES string of the molecule is CC(C(=O)O)C(=O)N(C)CC1CCN(C)CC1. The van der Waals surface area contributed by atoms with Crippen LogP contribution in [0, 0.1) is 11.8 Å². The van der Waals surface area contributed by atoms with Crippen LogP contribution in [0.25, 0.3) is 0 Å². The van der Waals surface area contributed by atoms with E-state index in [9.17, 15) is 9.59 Å². The van der Waals surface area contributed by atoms with E-state index in [4.69, 9.17) is 5.11 Å². The normalized spacial score (nSPS) is 19.9. The molecule has 0 aromatic rings. The van der Waals surface area contributed by atoms with Crippen LogP contribution in [0.15, 0.2) is 0 Å². The zero-order chi connectivity index (χ0) is 13.0. The predicted octanol–water partition coefficient (Wildman–Crippen LogP) is 0.507. The Kier molecular flexibility index (Phi) is 4.93. The Bertz CT molecular complexity index is 285. The van der Waals surface area contributed by atoms with Crippen molar-refractivity contribution in [2.45, 2.75) is 19.8 Å². The summed E-state index contributed by atoms with van der Waals surface area (Å²) in [6.45, 7) is 4.22. The molecule has 0 radical (unpaired) electrons. The highest BCUT2D eigenvalue weighted by Gasteiger charge is 2.26. The van der Waals surface area contributed by atoms with E-state index in [1.165, 1.54) is 6.92 Å². The fraction of sp³-hybridized carbons (Fsp3) is 0.833. The van der Waals surface area contributed by atoms with Gasteiger partial charge in [-0.25, -0.2) is 0 Å². The Balaban J connectivity index is 2.41. The highest BCUT2D eigenvalue weighted by atomic mass is 16.4. The van der Waals surface area contributed by atoms with E-state index in [0.29, 0.717) is 12.5 Å². The molecule has 17 heavy (non-hydrogen) atoms. The van der Waals surface area contributed by atoms with Crippen molar-refractivity contribution < 1.29 is 14.7 Å². The summed E-state index contributed by atoms with van der Waals surface area (Å²) < 4.78 is 0. The van der Waals surface area contributed by atoms with E-state index in [0.717, 1.165) is 25.9 Å². The number of amides is 1. The number of piperidine rings is 1. The van der Waals surface area contributed by atoms with Crippen molar-refractivity contribution in [2.75, 3.05) is 33.7 Å². The van der Waals surface area contributed by atoms with Crippen LogP contribution in [-0.4, -0.2) is 60.5 Å². The van der Waals surface area contributed by atoms with E-state index >= 15 is 0 Å². The van der Waals surface area contributed by atoms with Crippen LogP contribution in [-0.2, 0) is 9.59 Å². The molecule has 1 amide bonds. The predicted molar refractivity (Wildman–Crippen MR) is 64.7 cm³/mol. The molecule has 1 unspecified atom stereocenters. The second-order valence-electron chi connectivity index (χ2n) is 5.03. The summed E-state index contributed by atoms with van der Waals surface area (Å²) in [7, 11) is 3.79. The van der Waals surface area contributed by atoms with Gasteiger partial charge in [-0.05, 0) is 45.8 Å². The molecule has 1 aliphatic heterocycles. The lowest BCUT2D eigenvalue weighted by molar-refractivity contribution is -0.150. The molecule has 1 rings (SSSR count). The first-order chi connectivity index (χ1) is 7.91. The summed E-state index contributed by atoms with van der Waals surface area (Å²) in [4.78, 5) is 26.3. The van der Waals surface area contributed by atoms with Gasteiger partial charge in [0.2, 0.25) is 5.91 Å². The molecular formula is C12H22N2O3. The van der Waals surface area contributed by atoms with Crippen LogP contribution in [0.5, 0.6) is 0 Å². The Morgan fingerprint density at radius 3 is 2.41 bits per heavy atom. The molecular weight excluding hydrogens is 220 g/mol. The third kappa shape index (κ3) is 4.00. The summed E-state index contributed by atoms with van der Waals surface area (Å²) in [5.74, 6) is -1.78. The van der Waals surface area contributed by atoms with Gasteiger partial charge in [0.25, 0.3) is 0 Å². The van der Waals surface area contributed by atoms with Gasteiger partial charge in [0.1, 0.15) is 5.92 Å². The lowest BCUT2D eigenvalue weighted by Crippen LogP contribution is -2.41. The summed E-state index contributed by atoms with van der Waals surface area (Å²) in [6.07, 6.45) is 2.16. The summed E-state index contributed by atoms with van der Waals surface area (Å²) in [5.41, 5.74) is 0. The smallest absolute Gasteiger partial charge is 0.315 e. The second-order valence-corrected chi connectivity index (χ2v) is 5.03. The fourth-order valence-electron chi connectivity index (χ4n) is 2.16. The maximum Gasteiger partial charge on any atom is 0.315 e. The molecule has 5 heteroatoms. The summed E-state index contributed by atoms with van der Waals surface area (Å²) in [5, 5.41) is 8.79. The van der Waals surface area contributed by atoms with Crippen LogP contribution < -0.4 is 0 Å². The van der Waals surface area contributed by atoms with Crippen molar-refractivity contribution in [3.05, 3.63) is 0 Å². The number of carbonyl (C=O) groups is 2. The molecule has 0 aromatic carbocycles. The topological polar surface area (TPSA) is 60.9 Å². The molecule has 0 saturated carbocycles. The quantitative estimate of drug-likeness (QED) is 0.730. The van der Waals surface area contributed by atoms with Gasteiger partial charge < -0.3 is 14.9 Å². The van der Waals surface area contributed by atoms with Gasteiger partial charge in [0, 0.05) is 13.6 Å². The molecule has 1 aliphatic rings. The van der Waals surface area contributed by atoms with Gasteiger partial charge in [-0.3, -0.25) is 9.59 Å². The second kappa shape index (κ2) is 6.00. The first-order valence-corrected chi connectivity index (χ1v) is 6.08. The van der Waals surface area contributed by atoms with E-state index in [1.807, 2.05) is 0 Å². The van der Waals surface area contributed by atoms with Crippen molar-refractivity contribution in [3.8, 4) is 0 Å². The molecule has 0 spiro atoms. The van der Waals surface area contributed by atoms with Crippen molar-refractivity contribution in [1.29, 1.82) is 0 Å². The third-order valence-electron chi connectivity index (χ3n) is 3.49. The summed E-state index contributed by atoms with van der Waals surface area (Å²) >= 11 is 0. The van der Waals surface area contributed by atoms with Crippen molar-refractivity contribution in [1.82, 2.24) is 9.80 Å². The van der Waals surface area contributed by atoms with Gasteiger partial charge in [-0.1, -0.05) is 0 Å². The average Bonchev–Trinajstić information content (AvgIpc) is 2.30. The van der Waals surface area contributed by atoms with Gasteiger partial charge >= 0.3 is 5.97 Å². The standard InChI is InChI=1S/C12H22N2O3/c1-9(12(16)17)11(15)14(3)8-10-4-6-13(2)7-5-10/h9-10H,4-8H2,1-3H3,(H,16,17). The first-order valence-electron chi connectivity index (χ1n) is 6.08. The fourth-order valence-corrected chi connectivity index (χ4v) is 2.16. The largest absolute Gasteiger partial charge is 0.481 e. The third-order valence-corrected chi connectivity index (χ3v) is 3.49. The maximum atomic E-state index is 11.8. The molecule has 0 aromatic heterocycles. The number of nitrogens with zero attached hydrogens (tertiary/aromatic N) is 2. The molecule has 1 heterocycles. The molecule has 5 nitrogen and oxygen atoms in total. The zero-order valence-electron chi connectivity index (χ0n) is 10.8. The van der Waals surface area contributed by atoms with Crippen molar-refractivity contribution >= 4 is 11.9 Å². The molecule has 0 aliphatic carbocycles. The van der Waals surface area contributed by atoms with Crippen LogP contribution >= 0.6 is 0 Å². The molecule has 1 N–H and O–H groups in total.